The van der Waals surface area contributed by atoms with Crippen LogP contribution < -0.4 is 5.32 Å². The summed E-state index contributed by atoms with van der Waals surface area (Å²) in [6, 6.07) is 8.33. The van der Waals surface area contributed by atoms with Crippen LogP contribution in [0.3, 0.4) is 0 Å². The fourth-order valence-corrected chi connectivity index (χ4v) is 2.08. The van der Waals surface area contributed by atoms with Crippen molar-refractivity contribution in [2.24, 2.45) is 0 Å². The molecule has 1 heterocycles. The normalized spacial score (nSPS) is 17.9. The van der Waals surface area contributed by atoms with Gasteiger partial charge in [0.1, 0.15) is 0 Å². The molecule has 0 atom stereocenters. The molecule has 1 aromatic carbocycles. The minimum Gasteiger partial charge on any atom is -0.355 e. The van der Waals surface area contributed by atoms with Crippen molar-refractivity contribution in [3.63, 3.8) is 0 Å². The Morgan fingerprint density at radius 3 is 2.75 bits per heavy atom. The molecule has 4 heteroatoms. The van der Waals surface area contributed by atoms with Crippen molar-refractivity contribution in [1.82, 2.24) is 10.2 Å². The first-order valence-electron chi connectivity index (χ1n) is 5.47. The Morgan fingerprint density at radius 2 is 2.00 bits per heavy atom. The molecule has 0 bridgehead atoms. The molecule has 1 fully saturated rings. The number of benzene rings is 1. The van der Waals surface area contributed by atoms with Gasteiger partial charge in [0.2, 0.25) is 5.91 Å². The summed E-state index contributed by atoms with van der Waals surface area (Å²) in [5.74, 6) is 0.165. The Balaban J connectivity index is 1.93. The molecule has 3 nitrogen and oxygen atoms in total. The van der Waals surface area contributed by atoms with E-state index in [-0.39, 0.29) is 5.91 Å². The summed E-state index contributed by atoms with van der Waals surface area (Å²) in [6.07, 6.45) is 0.608. The molecule has 16 heavy (non-hydrogen) atoms. The van der Waals surface area contributed by atoms with Crippen LogP contribution in [0.25, 0.3) is 0 Å². The van der Waals surface area contributed by atoms with E-state index in [4.69, 9.17) is 0 Å². The van der Waals surface area contributed by atoms with Gasteiger partial charge >= 0.3 is 0 Å². The number of nitrogens with one attached hydrogen (secondary N) is 1. The highest BCUT2D eigenvalue weighted by molar-refractivity contribution is 9.10. The summed E-state index contributed by atoms with van der Waals surface area (Å²) in [6.45, 7) is 3.46. The molecule has 1 amide bonds. The second-order valence-corrected chi connectivity index (χ2v) is 4.92. The van der Waals surface area contributed by atoms with Crippen molar-refractivity contribution >= 4 is 21.8 Å². The Bertz CT molecular complexity index is 364. The molecule has 1 saturated heterocycles. The first-order valence-corrected chi connectivity index (χ1v) is 6.27. The number of rotatable bonds is 2. The molecule has 1 N–H and O–H groups in total. The SMILES string of the molecule is O=C1CCN(Cc2ccc(Br)cc2)CCN1. The summed E-state index contributed by atoms with van der Waals surface area (Å²) >= 11 is 3.42. The fourth-order valence-electron chi connectivity index (χ4n) is 1.82. The average Bonchev–Trinajstić information content (AvgIpc) is 2.47. The van der Waals surface area contributed by atoms with Crippen LogP contribution >= 0.6 is 15.9 Å². The minimum absolute atomic E-state index is 0.165. The number of amides is 1. The maximum Gasteiger partial charge on any atom is 0.221 e. The molecule has 0 radical (unpaired) electrons. The first-order chi connectivity index (χ1) is 7.74. The van der Waals surface area contributed by atoms with E-state index < -0.39 is 0 Å². The van der Waals surface area contributed by atoms with E-state index in [1.165, 1.54) is 5.56 Å². The molecule has 1 aliphatic heterocycles. The van der Waals surface area contributed by atoms with Gasteiger partial charge in [0, 0.05) is 37.1 Å². The third kappa shape index (κ3) is 3.32. The van der Waals surface area contributed by atoms with Crippen molar-refractivity contribution in [1.29, 1.82) is 0 Å². The number of hydrogen-bond donors (Lipinski definition) is 1. The molecule has 1 aromatic rings. The van der Waals surface area contributed by atoms with E-state index in [2.05, 4.69) is 50.4 Å². The highest BCUT2D eigenvalue weighted by Crippen LogP contribution is 2.12. The summed E-state index contributed by atoms with van der Waals surface area (Å²) in [4.78, 5) is 13.5. The third-order valence-electron chi connectivity index (χ3n) is 2.72. The van der Waals surface area contributed by atoms with Gasteiger partial charge in [-0.05, 0) is 17.7 Å². The van der Waals surface area contributed by atoms with Gasteiger partial charge < -0.3 is 5.32 Å². The van der Waals surface area contributed by atoms with Gasteiger partial charge in [-0.1, -0.05) is 28.1 Å². The fraction of sp³-hybridized carbons (Fsp3) is 0.417. The zero-order valence-electron chi connectivity index (χ0n) is 9.08. The van der Waals surface area contributed by atoms with Crippen LogP contribution in [0.2, 0.25) is 0 Å². The lowest BCUT2D eigenvalue weighted by atomic mass is 10.2. The maximum absolute atomic E-state index is 11.2. The number of halogens is 1. The molecule has 1 aliphatic rings. The topological polar surface area (TPSA) is 32.3 Å². The van der Waals surface area contributed by atoms with Crippen molar-refractivity contribution in [3.8, 4) is 0 Å². The number of nitrogens with zero attached hydrogens (tertiary/aromatic N) is 1. The Morgan fingerprint density at radius 1 is 1.25 bits per heavy atom. The smallest absolute Gasteiger partial charge is 0.221 e. The van der Waals surface area contributed by atoms with Gasteiger partial charge in [0.25, 0.3) is 0 Å². The second kappa shape index (κ2) is 5.46. The van der Waals surface area contributed by atoms with Gasteiger partial charge in [-0.3, -0.25) is 9.69 Å². The zero-order valence-corrected chi connectivity index (χ0v) is 10.7. The van der Waals surface area contributed by atoms with Gasteiger partial charge in [-0.25, -0.2) is 0 Å². The van der Waals surface area contributed by atoms with Gasteiger partial charge in [-0.15, -0.1) is 0 Å². The molecule has 0 spiro atoms. The van der Waals surface area contributed by atoms with Gasteiger partial charge in [0.15, 0.2) is 0 Å². The van der Waals surface area contributed by atoms with Crippen LogP contribution in [0.1, 0.15) is 12.0 Å². The summed E-state index contributed by atoms with van der Waals surface area (Å²) in [7, 11) is 0. The first kappa shape index (κ1) is 11.6. The van der Waals surface area contributed by atoms with Crippen LogP contribution in [0, 0.1) is 0 Å². The molecular formula is C12H15BrN2O. The third-order valence-corrected chi connectivity index (χ3v) is 3.25. The molecule has 86 valence electrons. The van der Waals surface area contributed by atoms with Crippen molar-refractivity contribution in [2.45, 2.75) is 13.0 Å². The number of hydrogen-bond acceptors (Lipinski definition) is 2. The summed E-state index contributed by atoms with van der Waals surface area (Å²) in [5.41, 5.74) is 1.29. The molecule has 2 rings (SSSR count). The van der Waals surface area contributed by atoms with Crippen LogP contribution in [0.4, 0.5) is 0 Å². The standard InChI is InChI=1S/C12H15BrN2O/c13-11-3-1-10(2-4-11)9-15-7-5-12(16)14-6-8-15/h1-4H,5-9H2,(H,14,16). The monoisotopic (exact) mass is 282 g/mol. The van der Waals surface area contributed by atoms with E-state index in [0.717, 1.165) is 30.7 Å². The molecule has 0 aliphatic carbocycles. The van der Waals surface area contributed by atoms with E-state index >= 15 is 0 Å². The summed E-state index contributed by atoms with van der Waals surface area (Å²) in [5, 5.41) is 2.88. The van der Waals surface area contributed by atoms with Crippen LogP contribution in [0.15, 0.2) is 28.7 Å². The lowest BCUT2D eigenvalue weighted by Crippen LogP contribution is -2.28. The average molecular weight is 283 g/mol. The van der Waals surface area contributed by atoms with E-state index in [1.807, 2.05) is 0 Å². The quantitative estimate of drug-likeness (QED) is 0.897. The van der Waals surface area contributed by atoms with E-state index in [0.29, 0.717) is 6.42 Å². The molecule has 0 aromatic heterocycles. The summed E-state index contributed by atoms with van der Waals surface area (Å²) < 4.78 is 1.10. The van der Waals surface area contributed by atoms with E-state index in [1.54, 1.807) is 0 Å². The second-order valence-electron chi connectivity index (χ2n) is 4.00. The maximum atomic E-state index is 11.2. The van der Waals surface area contributed by atoms with Crippen molar-refractivity contribution in [3.05, 3.63) is 34.3 Å². The Hall–Kier alpha value is -0.870. The highest BCUT2D eigenvalue weighted by Gasteiger charge is 2.13. The van der Waals surface area contributed by atoms with Gasteiger partial charge in [-0.2, -0.15) is 0 Å². The number of carbonyl (C=O) groups is 1. The predicted molar refractivity (Wildman–Crippen MR) is 67.0 cm³/mol. The minimum atomic E-state index is 0.165. The van der Waals surface area contributed by atoms with Crippen molar-refractivity contribution in [2.75, 3.05) is 19.6 Å². The zero-order chi connectivity index (χ0) is 11.4. The predicted octanol–water partition coefficient (Wildman–Crippen LogP) is 1.77. The highest BCUT2D eigenvalue weighted by atomic mass is 79.9. The van der Waals surface area contributed by atoms with Crippen LogP contribution in [0.5, 0.6) is 0 Å². The Kier molecular flexibility index (Phi) is 3.96. The lowest BCUT2D eigenvalue weighted by Gasteiger charge is -2.18. The number of carbonyl (C=O) groups excluding carboxylic acids is 1. The largest absolute Gasteiger partial charge is 0.355 e. The van der Waals surface area contributed by atoms with E-state index in [9.17, 15) is 4.79 Å². The molecule has 0 unspecified atom stereocenters. The molecule has 0 saturated carbocycles. The lowest BCUT2D eigenvalue weighted by molar-refractivity contribution is -0.120. The van der Waals surface area contributed by atoms with Crippen LogP contribution in [-0.4, -0.2) is 30.4 Å². The van der Waals surface area contributed by atoms with Crippen molar-refractivity contribution < 1.29 is 4.79 Å². The Labute approximate surface area is 104 Å². The van der Waals surface area contributed by atoms with Crippen LogP contribution in [-0.2, 0) is 11.3 Å². The molecular weight excluding hydrogens is 268 g/mol. The van der Waals surface area contributed by atoms with Gasteiger partial charge in [0.05, 0.1) is 0 Å².